The van der Waals surface area contributed by atoms with Gasteiger partial charge in [0.05, 0.1) is 10.7 Å². The highest BCUT2D eigenvalue weighted by atomic mass is 35.5. The van der Waals surface area contributed by atoms with Crippen LogP contribution in [0.5, 0.6) is 0 Å². The third-order valence-corrected chi connectivity index (χ3v) is 2.74. The molecule has 0 spiro atoms. The lowest BCUT2D eigenvalue weighted by Gasteiger charge is -2.16. The molecule has 0 aliphatic carbocycles. The molecule has 4 nitrogen and oxygen atoms in total. The average Bonchev–Trinajstić information content (AvgIpc) is 2.29. The van der Waals surface area contributed by atoms with E-state index in [1.165, 1.54) is 0 Å². The molecule has 0 aromatic heterocycles. The van der Waals surface area contributed by atoms with Gasteiger partial charge in [-0.05, 0) is 31.5 Å². The maximum absolute atomic E-state index is 11.1. The van der Waals surface area contributed by atoms with Crippen molar-refractivity contribution >= 4 is 23.2 Å². The molecule has 0 fully saturated rings. The molecule has 0 saturated heterocycles. The molecule has 0 aliphatic rings. The number of nitrogens with one attached hydrogen (secondary N) is 1. The molecule has 5 heteroatoms. The number of carbonyl (C=O) groups is 1. The van der Waals surface area contributed by atoms with E-state index in [4.69, 9.17) is 22.1 Å². The fraction of sp³-hybridized carbons (Fsp3) is 0.417. The molecule has 0 bridgehead atoms. The van der Waals surface area contributed by atoms with E-state index in [0.717, 1.165) is 6.42 Å². The maximum atomic E-state index is 11.1. The Hall–Kier alpha value is -1.26. The van der Waals surface area contributed by atoms with E-state index in [1.54, 1.807) is 25.3 Å². The summed E-state index contributed by atoms with van der Waals surface area (Å²) in [5, 5.41) is 3.79. The number of ether oxygens (including phenoxy) is 1. The summed E-state index contributed by atoms with van der Waals surface area (Å²) in [6.07, 6.45) is 0.855. The predicted octanol–water partition coefficient (Wildman–Crippen LogP) is 2.28. The molecule has 17 heavy (non-hydrogen) atoms. The Labute approximate surface area is 106 Å². The molecule has 0 heterocycles. The van der Waals surface area contributed by atoms with Crippen LogP contribution >= 0.6 is 11.6 Å². The van der Waals surface area contributed by atoms with Gasteiger partial charge in [0.15, 0.2) is 0 Å². The van der Waals surface area contributed by atoms with Crippen LogP contribution in [-0.4, -0.2) is 25.7 Å². The SMILES string of the molecule is COCCC(C)Nc1cc(C(N)=O)ccc1Cl. The number of carbonyl (C=O) groups excluding carboxylic acids is 1. The quantitative estimate of drug-likeness (QED) is 0.821. The Morgan fingerprint density at radius 1 is 1.59 bits per heavy atom. The average molecular weight is 257 g/mol. The van der Waals surface area contributed by atoms with Gasteiger partial charge in [0.25, 0.3) is 0 Å². The number of anilines is 1. The summed E-state index contributed by atoms with van der Waals surface area (Å²) < 4.78 is 5.00. The smallest absolute Gasteiger partial charge is 0.248 e. The highest BCUT2D eigenvalue weighted by Crippen LogP contribution is 2.24. The molecule has 0 saturated carbocycles. The van der Waals surface area contributed by atoms with Crippen LogP contribution in [0, 0.1) is 0 Å². The highest BCUT2D eigenvalue weighted by molar-refractivity contribution is 6.33. The lowest BCUT2D eigenvalue weighted by molar-refractivity contribution is 0.100. The van der Waals surface area contributed by atoms with Crippen LogP contribution in [0.2, 0.25) is 5.02 Å². The minimum absolute atomic E-state index is 0.204. The largest absolute Gasteiger partial charge is 0.385 e. The van der Waals surface area contributed by atoms with Gasteiger partial charge in [-0.25, -0.2) is 0 Å². The van der Waals surface area contributed by atoms with Crippen LogP contribution in [0.1, 0.15) is 23.7 Å². The summed E-state index contributed by atoms with van der Waals surface area (Å²) in [6.45, 7) is 2.69. The first kappa shape index (κ1) is 13.8. The second kappa shape index (κ2) is 6.47. The zero-order chi connectivity index (χ0) is 12.8. The second-order valence-corrected chi connectivity index (χ2v) is 4.29. The van der Waals surface area contributed by atoms with Crippen molar-refractivity contribution in [3.8, 4) is 0 Å². The molecule has 1 atom stereocenters. The first-order valence-corrected chi connectivity index (χ1v) is 5.77. The van der Waals surface area contributed by atoms with Crippen LogP contribution < -0.4 is 11.1 Å². The van der Waals surface area contributed by atoms with E-state index in [1.807, 2.05) is 6.92 Å². The van der Waals surface area contributed by atoms with E-state index in [0.29, 0.717) is 22.9 Å². The minimum atomic E-state index is -0.464. The normalized spacial score (nSPS) is 12.2. The molecular weight excluding hydrogens is 240 g/mol. The van der Waals surface area contributed by atoms with Gasteiger partial charge in [-0.3, -0.25) is 4.79 Å². The first-order chi connectivity index (χ1) is 8.04. The molecule has 3 N–H and O–H groups in total. The van der Waals surface area contributed by atoms with Gasteiger partial charge in [0.1, 0.15) is 0 Å². The number of nitrogens with two attached hydrogens (primary N) is 1. The molecule has 0 aliphatic heterocycles. The third-order valence-electron chi connectivity index (χ3n) is 2.41. The lowest BCUT2D eigenvalue weighted by atomic mass is 10.1. The summed E-state index contributed by atoms with van der Waals surface area (Å²) in [5.41, 5.74) is 6.37. The Morgan fingerprint density at radius 2 is 2.29 bits per heavy atom. The van der Waals surface area contributed by atoms with Gasteiger partial charge in [-0.15, -0.1) is 0 Å². The van der Waals surface area contributed by atoms with E-state index in [-0.39, 0.29) is 6.04 Å². The molecule has 1 aromatic carbocycles. The van der Waals surface area contributed by atoms with Crippen molar-refractivity contribution in [3.63, 3.8) is 0 Å². The minimum Gasteiger partial charge on any atom is -0.385 e. The van der Waals surface area contributed by atoms with E-state index < -0.39 is 5.91 Å². The van der Waals surface area contributed by atoms with Gasteiger partial charge in [-0.1, -0.05) is 11.6 Å². The maximum Gasteiger partial charge on any atom is 0.248 e. The predicted molar refractivity (Wildman–Crippen MR) is 69.5 cm³/mol. The van der Waals surface area contributed by atoms with Crippen molar-refractivity contribution in [1.82, 2.24) is 0 Å². The van der Waals surface area contributed by atoms with Crippen molar-refractivity contribution < 1.29 is 9.53 Å². The van der Waals surface area contributed by atoms with Crippen LogP contribution in [0.3, 0.4) is 0 Å². The van der Waals surface area contributed by atoms with Crippen molar-refractivity contribution in [2.45, 2.75) is 19.4 Å². The lowest BCUT2D eigenvalue weighted by Crippen LogP contribution is -2.18. The highest BCUT2D eigenvalue weighted by Gasteiger charge is 2.08. The Bertz CT molecular complexity index is 396. The number of primary amides is 1. The summed E-state index contributed by atoms with van der Waals surface area (Å²) in [5.74, 6) is -0.464. The van der Waals surface area contributed by atoms with Crippen LogP contribution in [0.4, 0.5) is 5.69 Å². The number of amides is 1. The Morgan fingerprint density at radius 3 is 2.88 bits per heavy atom. The third kappa shape index (κ3) is 4.24. The second-order valence-electron chi connectivity index (χ2n) is 3.89. The number of benzene rings is 1. The molecule has 1 unspecified atom stereocenters. The molecular formula is C12H17ClN2O2. The molecule has 1 aromatic rings. The van der Waals surface area contributed by atoms with Gasteiger partial charge in [0, 0.05) is 25.3 Å². The fourth-order valence-corrected chi connectivity index (χ4v) is 1.59. The fourth-order valence-electron chi connectivity index (χ4n) is 1.42. The van der Waals surface area contributed by atoms with Crippen LogP contribution in [0.15, 0.2) is 18.2 Å². The van der Waals surface area contributed by atoms with Crippen LogP contribution in [0.25, 0.3) is 0 Å². The van der Waals surface area contributed by atoms with Crippen molar-refractivity contribution in [1.29, 1.82) is 0 Å². The van der Waals surface area contributed by atoms with Gasteiger partial charge in [-0.2, -0.15) is 0 Å². The number of halogens is 1. The van der Waals surface area contributed by atoms with Crippen molar-refractivity contribution in [3.05, 3.63) is 28.8 Å². The first-order valence-electron chi connectivity index (χ1n) is 5.39. The van der Waals surface area contributed by atoms with Crippen molar-refractivity contribution in [2.24, 2.45) is 5.73 Å². The monoisotopic (exact) mass is 256 g/mol. The zero-order valence-corrected chi connectivity index (χ0v) is 10.8. The number of methoxy groups -OCH3 is 1. The van der Waals surface area contributed by atoms with Gasteiger partial charge in [0.2, 0.25) is 5.91 Å². The Kier molecular flexibility index (Phi) is 5.25. The van der Waals surface area contributed by atoms with Gasteiger partial charge < -0.3 is 15.8 Å². The summed E-state index contributed by atoms with van der Waals surface area (Å²) in [7, 11) is 1.66. The van der Waals surface area contributed by atoms with E-state index in [9.17, 15) is 4.79 Å². The molecule has 1 amide bonds. The van der Waals surface area contributed by atoms with E-state index in [2.05, 4.69) is 5.32 Å². The zero-order valence-electron chi connectivity index (χ0n) is 10.00. The molecule has 1 rings (SSSR count). The number of hydrogen-bond donors (Lipinski definition) is 2. The number of hydrogen-bond acceptors (Lipinski definition) is 3. The Balaban J connectivity index is 2.75. The summed E-state index contributed by atoms with van der Waals surface area (Å²) in [4.78, 5) is 11.1. The topological polar surface area (TPSA) is 64.3 Å². The van der Waals surface area contributed by atoms with Crippen LogP contribution in [-0.2, 0) is 4.74 Å². The summed E-state index contributed by atoms with van der Waals surface area (Å²) in [6, 6.07) is 5.13. The van der Waals surface area contributed by atoms with Gasteiger partial charge >= 0.3 is 0 Å². The number of rotatable bonds is 6. The molecule has 94 valence electrons. The standard InChI is InChI=1S/C12H17ClN2O2/c1-8(5-6-17-2)15-11-7-9(12(14)16)3-4-10(11)13/h3-4,7-8,15H,5-6H2,1-2H3,(H2,14,16). The summed E-state index contributed by atoms with van der Waals surface area (Å²) >= 11 is 6.03. The van der Waals surface area contributed by atoms with Crippen molar-refractivity contribution in [2.75, 3.05) is 19.0 Å². The van der Waals surface area contributed by atoms with E-state index >= 15 is 0 Å². The molecule has 0 radical (unpaired) electrons.